The summed E-state index contributed by atoms with van der Waals surface area (Å²) in [4.78, 5) is 14.7. The van der Waals surface area contributed by atoms with Gasteiger partial charge in [-0.15, -0.1) is 0 Å². The summed E-state index contributed by atoms with van der Waals surface area (Å²) in [7, 11) is 0. The van der Waals surface area contributed by atoms with E-state index in [4.69, 9.17) is 9.47 Å². The van der Waals surface area contributed by atoms with E-state index >= 15 is 0 Å². The molecule has 1 amide bonds. The highest BCUT2D eigenvalue weighted by molar-refractivity contribution is 5.78. The second kappa shape index (κ2) is 9.48. The number of carbonyl (C=O) groups is 1. The Morgan fingerprint density at radius 2 is 2.09 bits per heavy atom. The summed E-state index contributed by atoms with van der Waals surface area (Å²) in [6.07, 6.45) is 4.47. The number of hydrogen-bond acceptors (Lipinski definition) is 4. The van der Waals surface area contributed by atoms with Crippen LogP contribution in [0.3, 0.4) is 0 Å². The minimum Gasteiger partial charge on any atom is -0.381 e. The fourth-order valence-electron chi connectivity index (χ4n) is 3.39. The lowest BCUT2D eigenvalue weighted by Gasteiger charge is -2.27. The summed E-state index contributed by atoms with van der Waals surface area (Å²) >= 11 is 0. The van der Waals surface area contributed by atoms with Crippen LogP contribution in [0.5, 0.6) is 0 Å². The number of nitrogens with one attached hydrogen (secondary N) is 1. The number of carbonyl (C=O) groups excluding carboxylic acids is 1. The van der Waals surface area contributed by atoms with Crippen molar-refractivity contribution in [1.29, 1.82) is 0 Å². The second-order valence-electron chi connectivity index (χ2n) is 6.72. The molecule has 0 radical (unpaired) electrons. The van der Waals surface area contributed by atoms with Crippen molar-refractivity contribution < 1.29 is 14.3 Å². The zero-order valence-electron chi connectivity index (χ0n) is 14.2. The monoisotopic (exact) mass is 312 g/mol. The third kappa shape index (κ3) is 5.86. The van der Waals surface area contributed by atoms with Gasteiger partial charge in [0.2, 0.25) is 5.91 Å². The molecule has 0 aromatic carbocycles. The van der Waals surface area contributed by atoms with Gasteiger partial charge in [-0.3, -0.25) is 4.79 Å². The summed E-state index contributed by atoms with van der Waals surface area (Å²) in [5.74, 6) is 0.798. The van der Waals surface area contributed by atoms with Gasteiger partial charge < -0.3 is 19.7 Å². The second-order valence-corrected chi connectivity index (χ2v) is 6.72. The first kappa shape index (κ1) is 17.7. The van der Waals surface area contributed by atoms with Gasteiger partial charge in [-0.25, -0.2) is 0 Å². The van der Waals surface area contributed by atoms with E-state index in [1.807, 2.05) is 0 Å². The molecule has 1 N–H and O–H groups in total. The van der Waals surface area contributed by atoms with Gasteiger partial charge in [-0.1, -0.05) is 6.92 Å². The molecule has 0 bridgehead atoms. The highest BCUT2D eigenvalue weighted by atomic mass is 16.5. The SMILES string of the molecule is CC1CN(CCCNC(=O)C(C)C2CCOCC2)CCCO1. The molecular weight excluding hydrogens is 280 g/mol. The van der Waals surface area contributed by atoms with Gasteiger partial charge in [0.15, 0.2) is 0 Å². The summed E-state index contributed by atoms with van der Waals surface area (Å²) in [6, 6.07) is 0. The normalized spacial score (nSPS) is 26.4. The summed E-state index contributed by atoms with van der Waals surface area (Å²) < 4.78 is 11.0. The van der Waals surface area contributed by atoms with Gasteiger partial charge in [0.25, 0.3) is 0 Å². The van der Waals surface area contributed by atoms with Gasteiger partial charge in [-0.05, 0) is 45.1 Å². The van der Waals surface area contributed by atoms with Crippen molar-refractivity contribution >= 4 is 5.91 Å². The first-order valence-electron chi connectivity index (χ1n) is 8.86. The minimum atomic E-state index is 0.107. The molecule has 2 aliphatic heterocycles. The quantitative estimate of drug-likeness (QED) is 0.758. The van der Waals surface area contributed by atoms with E-state index in [0.717, 1.165) is 71.7 Å². The lowest BCUT2D eigenvalue weighted by molar-refractivity contribution is -0.127. The number of amides is 1. The van der Waals surface area contributed by atoms with Crippen molar-refractivity contribution in [2.45, 2.75) is 45.6 Å². The molecule has 2 saturated heterocycles. The zero-order chi connectivity index (χ0) is 15.8. The van der Waals surface area contributed by atoms with E-state index in [1.54, 1.807) is 0 Å². The average Bonchev–Trinajstić information content (AvgIpc) is 2.75. The average molecular weight is 312 g/mol. The molecule has 22 heavy (non-hydrogen) atoms. The van der Waals surface area contributed by atoms with Crippen molar-refractivity contribution in [1.82, 2.24) is 10.2 Å². The third-order valence-corrected chi connectivity index (χ3v) is 4.87. The Kier molecular flexibility index (Phi) is 7.63. The van der Waals surface area contributed by atoms with Crippen LogP contribution in [0.2, 0.25) is 0 Å². The molecule has 2 aliphatic rings. The zero-order valence-corrected chi connectivity index (χ0v) is 14.2. The van der Waals surface area contributed by atoms with Gasteiger partial charge in [0, 0.05) is 45.4 Å². The fraction of sp³-hybridized carbons (Fsp3) is 0.941. The third-order valence-electron chi connectivity index (χ3n) is 4.87. The molecule has 5 heteroatoms. The molecular formula is C17H32N2O3. The molecule has 128 valence electrons. The predicted octanol–water partition coefficient (Wildman–Crippen LogP) is 1.67. The summed E-state index contributed by atoms with van der Waals surface area (Å²) in [6.45, 7) is 10.6. The molecule has 0 saturated carbocycles. The van der Waals surface area contributed by atoms with E-state index < -0.39 is 0 Å². The molecule has 0 aromatic rings. The Morgan fingerprint density at radius 1 is 1.32 bits per heavy atom. The van der Waals surface area contributed by atoms with Crippen molar-refractivity contribution in [2.24, 2.45) is 11.8 Å². The number of nitrogens with zero attached hydrogens (tertiary/aromatic N) is 1. The van der Waals surface area contributed by atoms with Gasteiger partial charge in [-0.2, -0.15) is 0 Å². The van der Waals surface area contributed by atoms with E-state index in [0.29, 0.717) is 12.0 Å². The van der Waals surface area contributed by atoms with Gasteiger partial charge in [0.1, 0.15) is 0 Å². The molecule has 2 unspecified atom stereocenters. The summed E-state index contributed by atoms with van der Waals surface area (Å²) in [5, 5.41) is 3.11. The molecule has 0 aromatic heterocycles. The first-order valence-corrected chi connectivity index (χ1v) is 8.86. The Labute approximate surface area is 134 Å². The standard InChI is InChI=1S/C17H32N2O3/c1-14-13-19(9-4-10-22-14)8-3-7-18-17(20)15(2)16-5-11-21-12-6-16/h14-16H,3-13H2,1-2H3,(H,18,20). The van der Waals surface area contributed by atoms with Crippen LogP contribution in [0.4, 0.5) is 0 Å². The van der Waals surface area contributed by atoms with Crippen LogP contribution in [0.25, 0.3) is 0 Å². The van der Waals surface area contributed by atoms with Crippen LogP contribution in [0.1, 0.15) is 39.5 Å². The van der Waals surface area contributed by atoms with E-state index in [-0.39, 0.29) is 11.8 Å². The van der Waals surface area contributed by atoms with E-state index in [2.05, 4.69) is 24.1 Å². The Hall–Kier alpha value is -0.650. The van der Waals surface area contributed by atoms with Gasteiger partial charge >= 0.3 is 0 Å². The highest BCUT2D eigenvalue weighted by Crippen LogP contribution is 2.23. The Morgan fingerprint density at radius 3 is 2.86 bits per heavy atom. The van der Waals surface area contributed by atoms with Crippen molar-refractivity contribution in [3.05, 3.63) is 0 Å². The number of hydrogen-bond donors (Lipinski definition) is 1. The fourth-order valence-corrected chi connectivity index (χ4v) is 3.39. The molecule has 0 spiro atoms. The Bertz CT molecular complexity index is 332. The van der Waals surface area contributed by atoms with Crippen LogP contribution in [-0.4, -0.2) is 62.9 Å². The smallest absolute Gasteiger partial charge is 0.223 e. The van der Waals surface area contributed by atoms with Crippen LogP contribution >= 0.6 is 0 Å². The predicted molar refractivity (Wildman–Crippen MR) is 86.8 cm³/mol. The van der Waals surface area contributed by atoms with Gasteiger partial charge in [0.05, 0.1) is 6.10 Å². The topological polar surface area (TPSA) is 50.8 Å². The van der Waals surface area contributed by atoms with Crippen molar-refractivity contribution in [2.75, 3.05) is 46.0 Å². The maximum absolute atomic E-state index is 12.2. The van der Waals surface area contributed by atoms with Crippen molar-refractivity contribution in [3.63, 3.8) is 0 Å². The van der Waals surface area contributed by atoms with Crippen LogP contribution in [0.15, 0.2) is 0 Å². The molecule has 0 aliphatic carbocycles. The molecule has 2 heterocycles. The largest absolute Gasteiger partial charge is 0.381 e. The maximum atomic E-state index is 12.2. The van der Waals surface area contributed by atoms with E-state index in [1.165, 1.54) is 0 Å². The summed E-state index contributed by atoms with van der Waals surface area (Å²) in [5.41, 5.74) is 0. The van der Waals surface area contributed by atoms with E-state index in [9.17, 15) is 4.79 Å². The van der Waals surface area contributed by atoms with Crippen molar-refractivity contribution in [3.8, 4) is 0 Å². The van der Waals surface area contributed by atoms with Crippen LogP contribution < -0.4 is 5.32 Å². The first-order chi connectivity index (χ1) is 10.7. The lowest BCUT2D eigenvalue weighted by atomic mass is 9.87. The lowest BCUT2D eigenvalue weighted by Crippen LogP contribution is -2.37. The maximum Gasteiger partial charge on any atom is 0.223 e. The molecule has 2 rings (SSSR count). The van der Waals surface area contributed by atoms with Crippen LogP contribution in [0, 0.1) is 11.8 Å². The molecule has 2 atom stereocenters. The Balaban J connectivity index is 1.60. The minimum absolute atomic E-state index is 0.107. The number of ether oxygens (including phenoxy) is 2. The highest BCUT2D eigenvalue weighted by Gasteiger charge is 2.25. The van der Waals surface area contributed by atoms with Crippen LogP contribution in [-0.2, 0) is 14.3 Å². The molecule has 5 nitrogen and oxygen atoms in total. The molecule has 2 fully saturated rings. The number of rotatable bonds is 6.